The Bertz CT molecular complexity index is 867. The largest absolute Gasteiger partial charge is 0.427 e. The topological polar surface area (TPSA) is 38.2 Å². The van der Waals surface area contributed by atoms with E-state index in [0.29, 0.717) is 11.0 Å². The normalized spacial score (nSPS) is 11.1. The van der Waals surface area contributed by atoms with Crippen LogP contribution in [0.1, 0.15) is 18.1 Å². The molecule has 0 aliphatic heterocycles. The van der Waals surface area contributed by atoms with Crippen LogP contribution in [-0.2, 0) is 6.42 Å². The van der Waals surface area contributed by atoms with Crippen LogP contribution in [0.4, 0.5) is 4.39 Å². The van der Waals surface area contributed by atoms with Crippen molar-refractivity contribution in [2.24, 2.45) is 0 Å². The maximum Gasteiger partial charge on any atom is 0.299 e. The minimum Gasteiger partial charge on any atom is -0.427 e. The number of hydrogen-bond acceptors (Lipinski definition) is 5. The third kappa shape index (κ3) is 4.45. The number of nitrogens with zero attached hydrogens (tertiary/aromatic N) is 3. The molecular weight excluding hydrogens is 349 g/mol. The van der Waals surface area contributed by atoms with Gasteiger partial charge >= 0.3 is 0 Å². The van der Waals surface area contributed by atoms with E-state index in [1.165, 1.54) is 0 Å². The first-order chi connectivity index (χ1) is 12.6. The summed E-state index contributed by atoms with van der Waals surface area (Å²) in [5, 5.41) is 0.334. The van der Waals surface area contributed by atoms with Crippen molar-refractivity contribution in [3.63, 3.8) is 0 Å². The van der Waals surface area contributed by atoms with Gasteiger partial charge in [0, 0.05) is 23.6 Å². The number of benzene rings is 2. The Morgan fingerprint density at radius 1 is 1.19 bits per heavy atom. The van der Waals surface area contributed by atoms with Crippen molar-refractivity contribution in [2.45, 2.75) is 20.3 Å². The van der Waals surface area contributed by atoms with Crippen molar-refractivity contribution in [3.05, 3.63) is 59.4 Å². The molecule has 0 bridgehead atoms. The van der Waals surface area contributed by atoms with Crippen LogP contribution in [0.5, 0.6) is 10.9 Å². The van der Waals surface area contributed by atoms with E-state index in [-0.39, 0.29) is 11.6 Å². The van der Waals surface area contributed by atoms with Gasteiger partial charge in [0.05, 0.1) is 0 Å². The van der Waals surface area contributed by atoms with E-state index in [4.69, 9.17) is 4.74 Å². The maximum atomic E-state index is 14.5. The summed E-state index contributed by atoms with van der Waals surface area (Å²) in [6.45, 7) is 5.95. The molecule has 26 heavy (non-hydrogen) atoms. The van der Waals surface area contributed by atoms with Crippen LogP contribution in [0.25, 0.3) is 11.4 Å². The Balaban J connectivity index is 1.74. The smallest absolute Gasteiger partial charge is 0.299 e. The fourth-order valence-electron chi connectivity index (χ4n) is 2.56. The predicted molar refractivity (Wildman–Crippen MR) is 103 cm³/mol. The molecule has 3 rings (SSSR count). The van der Waals surface area contributed by atoms with Crippen LogP contribution in [-0.4, -0.2) is 34.4 Å². The fraction of sp³-hybridized carbons (Fsp3) is 0.300. The highest BCUT2D eigenvalue weighted by Crippen LogP contribution is 2.30. The molecule has 0 unspecified atom stereocenters. The highest BCUT2D eigenvalue weighted by atomic mass is 32.1. The monoisotopic (exact) mass is 371 g/mol. The summed E-state index contributed by atoms with van der Waals surface area (Å²) in [7, 11) is 2.06. The van der Waals surface area contributed by atoms with E-state index in [0.717, 1.165) is 47.7 Å². The van der Waals surface area contributed by atoms with Gasteiger partial charge in [-0.25, -0.2) is 4.39 Å². The molecule has 6 heteroatoms. The first kappa shape index (κ1) is 18.5. The molecule has 1 aromatic heterocycles. The lowest BCUT2D eigenvalue weighted by Crippen LogP contribution is -2.20. The number of likely N-dealkylation sites (N-methyl/N-ethyl adjacent to an activating group) is 1. The van der Waals surface area contributed by atoms with E-state index in [1.807, 2.05) is 37.3 Å². The van der Waals surface area contributed by atoms with Crippen LogP contribution < -0.4 is 4.74 Å². The van der Waals surface area contributed by atoms with Crippen molar-refractivity contribution in [1.29, 1.82) is 0 Å². The van der Waals surface area contributed by atoms with Crippen LogP contribution in [0.3, 0.4) is 0 Å². The molecule has 0 aliphatic carbocycles. The second-order valence-electron chi connectivity index (χ2n) is 6.21. The third-order valence-corrected chi connectivity index (χ3v) is 4.92. The number of aromatic nitrogens is 2. The Morgan fingerprint density at radius 2 is 1.96 bits per heavy atom. The average molecular weight is 371 g/mol. The standard InChI is InChI=1S/C20H22FN3OS/c1-4-24(3)11-10-16-13-17(21)18(12-14(16)2)25-20-22-19(23-26-20)15-8-6-5-7-9-15/h5-9,12-13H,4,10-11H2,1-3H3. The van der Waals surface area contributed by atoms with Crippen molar-refractivity contribution >= 4 is 11.5 Å². The highest BCUT2D eigenvalue weighted by Gasteiger charge is 2.13. The van der Waals surface area contributed by atoms with Gasteiger partial charge < -0.3 is 9.64 Å². The van der Waals surface area contributed by atoms with Gasteiger partial charge in [0.2, 0.25) is 0 Å². The molecule has 0 saturated heterocycles. The summed E-state index contributed by atoms with van der Waals surface area (Å²) >= 11 is 1.12. The van der Waals surface area contributed by atoms with Crippen molar-refractivity contribution in [3.8, 4) is 22.3 Å². The minimum atomic E-state index is -0.374. The zero-order chi connectivity index (χ0) is 18.5. The first-order valence-electron chi connectivity index (χ1n) is 8.61. The van der Waals surface area contributed by atoms with E-state index in [9.17, 15) is 4.39 Å². The van der Waals surface area contributed by atoms with E-state index in [2.05, 4.69) is 28.2 Å². The predicted octanol–water partition coefficient (Wildman–Crippen LogP) is 4.94. The summed E-state index contributed by atoms with van der Waals surface area (Å²) in [6, 6.07) is 12.9. The molecule has 0 atom stereocenters. The molecular formula is C20H22FN3OS. The van der Waals surface area contributed by atoms with Gasteiger partial charge in [-0.1, -0.05) is 37.3 Å². The van der Waals surface area contributed by atoms with Gasteiger partial charge in [0.15, 0.2) is 17.4 Å². The van der Waals surface area contributed by atoms with Crippen molar-refractivity contribution < 1.29 is 9.13 Å². The lowest BCUT2D eigenvalue weighted by Gasteiger charge is -2.15. The number of halogens is 1. The summed E-state index contributed by atoms with van der Waals surface area (Å²) in [5.41, 5.74) is 2.92. The zero-order valence-corrected chi connectivity index (χ0v) is 16.0. The van der Waals surface area contributed by atoms with E-state index in [1.54, 1.807) is 12.1 Å². The van der Waals surface area contributed by atoms with Crippen molar-refractivity contribution in [2.75, 3.05) is 20.1 Å². The molecule has 4 nitrogen and oxygen atoms in total. The van der Waals surface area contributed by atoms with Crippen LogP contribution in [0.15, 0.2) is 42.5 Å². The maximum absolute atomic E-state index is 14.5. The van der Waals surface area contributed by atoms with Crippen LogP contribution in [0, 0.1) is 12.7 Å². The molecule has 136 valence electrons. The van der Waals surface area contributed by atoms with Gasteiger partial charge in [-0.05, 0) is 50.2 Å². The Morgan fingerprint density at radius 3 is 2.69 bits per heavy atom. The molecule has 0 saturated carbocycles. The zero-order valence-electron chi connectivity index (χ0n) is 15.2. The molecule has 0 aliphatic rings. The molecule has 1 heterocycles. The van der Waals surface area contributed by atoms with Gasteiger partial charge in [-0.15, -0.1) is 0 Å². The highest BCUT2D eigenvalue weighted by molar-refractivity contribution is 7.07. The van der Waals surface area contributed by atoms with Crippen LogP contribution >= 0.6 is 11.5 Å². The van der Waals surface area contributed by atoms with E-state index < -0.39 is 0 Å². The SMILES string of the molecule is CCN(C)CCc1cc(F)c(Oc2nc(-c3ccccc3)ns2)cc1C. The molecule has 2 aromatic carbocycles. The lowest BCUT2D eigenvalue weighted by atomic mass is 10.0. The Kier molecular flexibility index (Phi) is 5.96. The van der Waals surface area contributed by atoms with Gasteiger partial charge in [0.1, 0.15) is 0 Å². The van der Waals surface area contributed by atoms with Crippen LogP contribution in [0.2, 0.25) is 0 Å². The second-order valence-corrected chi connectivity index (χ2v) is 6.92. The van der Waals surface area contributed by atoms with Crippen molar-refractivity contribution in [1.82, 2.24) is 14.3 Å². The Labute approximate surface area is 157 Å². The number of aryl methyl sites for hydroxylation is 1. The number of hydrogen-bond donors (Lipinski definition) is 0. The van der Waals surface area contributed by atoms with Gasteiger partial charge in [-0.3, -0.25) is 0 Å². The van der Waals surface area contributed by atoms with E-state index >= 15 is 0 Å². The molecule has 3 aromatic rings. The molecule has 0 N–H and O–H groups in total. The minimum absolute atomic E-state index is 0.186. The summed E-state index contributed by atoms with van der Waals surface area (Å²) in [5.74, 6) is 0.397. The molecule has 0 spiro atoms. The number of ether oxygens (including phenoxy) is 1. The lowest BCUT2D eigenvalue weighted by molar-refractivity contribution is 0.357. The average Bonchev–Trinajstić information content (AvgIpc) is 3.12. The van der Waals surface area contributed by atoms with Gasteiger partial charge in [0.25, 0.3) is 5.19 Å². The second kappa shape index (κ2) is 8.38. The molecule has 0 amide bonds. The Hall–Kier alpha value is -2.31. The first-order valence-corrected chi connectivity index (χ1v) is 9.38. The summed E-state index contributed by atoms with van der Waals surface area (Å²) < 4.78 is 24.4. The summed E-state index contributed by atoms with van der Waals surface area (Å²) in [6.07, 6.45) is 0.810. The number of rotatable bonds is 7. The van der Waals surface area contributed by atoms with Gasteiger partial charge in [-0.2, -0.15) is 9.36 Å². The molecule has 0 radical (unpaired) electrons. The summed E-state index contributed by atoms with van der Waals surface area (Å²) in [4.78, 5) is 6.55. The molecule has 0 fully saturated rings. The fourth-order valence-corrected chi connectivity index (χ4v) is 3.13. The third-order valence-electron chi connectivity index (χ3n) is 4.33. The quantitative estimate of drug-likeness (QED) is 0.590.